The van der Waals surface area contributed by atoms with Gasteiger partial charge in [-0.2, -0.15) is 14.7 Å². The topological polar surface area (TPSA) is 60.9 Å². The Morgan fingerprint density at radius 3 is 2.68 bits per heavy atom. The molecule has 6 nitrogen and oxygen atoms in total. The second kappa shape index (κ2) is 5.99. The molecule has 0 saturated heterocycles. The zero-order valence-corrected chi connectivity index (χ0v) is 16.2. The molecule has 0 N–H and O–H groups in total. The van der Waals surface area contributed by atoms with Crippen LogP contribution in [-0.4, -0.2) is 29.6 Å². The number of aromatic nitrogens is 6. The fourth-order valence-corrected chi connectivity index (χ4v) is 4.19. The molecule has 0 spiro atoms. The summed E-state index contributed by atoms with van der Waals surface area (Å²) in [5.41, 5.74) is 3.34. The molecule has 0 saturated carbocycles. The van der Waals surface area contributed by atoms with E-state index in [2.05, 4.69) is 43.2 Å². The van der Waals surface area contributed by atoms with Crippen molar-refractivity contribution in [3.05, 3.63) is 39.9 Å². The SMILES string of the molecule is CCn1nc(C)c(-c2nn3c(-c4ccc(Br)cc4F)nnc3s2)c1C. The van der Waals surface area contributed by atoms with Crippen molar-refractivity contribution in [2.45, 2.75) is 27.3 Å². The number of aryl methyl sites for hydroxylation is 2. The van der Waals surface area contributed by atoms with Gasteiger partial charge in [-0.1, -0.05) is 27.3 Å². The summed E-state index contributed by atoms with van der Waals surface area (Å²) in [5.74, 6) is 0.0186. The molecule has 1 aromatic carbocycles. The van der Waals surface area contributed by atoms with E-state index < -0.39 is 0 Å². The average Bonchev–Trinajstić information content (AvgIpc) is 3.20. The van der Waals surface area contributed by atoms with Crippen LogP contribution in [0.15, 0.2) is 22.7 Å². The molecule has 0 aliphatic heterocycles. The summed E-state index contributed by atoms with van der Waals surface area (Å²) in [7, 11) is 0. The van der Waals surface area contributed by atoms with Crippen LogP contribution >= 0.6 is 27.3 Å². The highest BCUT2D eigenvalue weighted by atomic mass is 79.9. The maximum atomic E-state index is 14.3. The number of rotatable bonds is 3. The Balaban J connectivity index is 1.88. The van der Waals surface area contributed by atoms with Crippen molar-refractivity contribution in [3.63, 3.8) is 0 Å². The summed E-state index contributed by atoms with van der Waals surface area (Å²) in [5, 5.41) is 18.2. The monoisotopic (exact) mass is 420 g/mol. The minimum atomic E-state index is -0.371. The fourth-order valence-electron chi connectivity index (χ4n) is 2.87. The van der Waals surface area contributed by atoms with Gasteiger partial charge in [0.1, 0.15) is 5.82 Å². The number of nitrogens with zero attached hydrogens (tertiary/aromatic N) is 6. The molecule has 0 aliphatic carbocycles. The zero-order chi connectivity index (χ0) is 17.7. The van der Waals surface area contributed by atoms with E-state index in [1.807, 2.05) is 18.5 Å². The lowest BCUT2D eigenvalue weighted by Gasteiger charge is -2.01. The van der Waals surface area contributed by atoms with E-state index in [9.17, 15) is 4.39 Å². The molecule has 0 unspecified atom stereocenters. The van der Waals surface area contributed by atoms with E-state index in [1.54, 1.807) is 16.6 Å². The Kier molecular flexibility index (Phi) is 3.92. The smallest absolute Gasteiger partial charge is 0.235 e. The van der Waals surface area contributed by atoms with Crippen LogP contribution in [0, 0.1) is 19.7 Å². The highest BCUT2D eigenvalue weighted by Gasteiger charge is 2.21. The highest BCUT2D eigenvalue weighted by Crippen LogP contribution is 2.33. The zero-order valence-electron chi connectivity index (χ0n) is 13.8. The molecule has 0 fully saturated rings. The van der Waals surface area contributed by atoms with Gasteiger partial charge in [0.25, 0.3) is 0 Å². The number of benzene rings is 1. The van der Waals surface area contributed by atoms with Crippen LogP contribution in [0.25, 0.3) is 26.9 Å². The minimum absolute atomic E-state index is 0.366. The first kappa shape index (κ1) is 16.3. The Hall–Kier alpha value is -2.13. The summed E-state index contributed by atoms with van der Waals surface area (Å²) in [6.07, 6.45) is 0. The van der Waals surface area contributed by atoms with Crippen molar-refractivity contribution in [2.75, 3.05) is 0 Å². The average molecular weight is 421 g/mol. The van der Waals surface area contributed by atoms with Gasteiger partial charge in [-0.3, -0.25) is 4.68 Å². The number of halogens is 2. The summed E-state index contributed by atoms with van der Waals surface area (Å²) in [4.78, 5) is 0.621. The van der Waals surface area contributed by atoms with E-state index >= 15 is 0 Å². The van der Waals surface area contributed by atoms with Crippen molar-refractivity contribution in [3.8, 4) is 22.0 Å². The maximum absolute atomic E-state index is 14.3. The van der Waals surface area contributed by atoms with Crippen LogP contribution in [0.3, 0.4) is 0 Å². The lowest BCUT2D eigenvalue weighted by Crippen LogP contribution is -1.98. The van der Waals surface area contributed by atoms with Crippen LogP contribution in [0.1, 0.15) is 18.3 Å². The first-order valence-corrected chi connectivity index (χ1v) is 9.32. The standard InChI is InChI=1S/C16H14BrFN6S/c1-4-23-9(3)13(8(2)21-23)15-22-24-14(19-20-16(24)25-15)11-6-5-10(17)7-12(11)18/h5-7H,4H2,1-3H3. The normalized spacial score (nSPS) is 11.6. The molecule has 0 radical (unpaired) electrons. The van der Waals surface area contributed by atoms with E-state index in [1.165, 1.54) is 17.4 Å². The van der Waals surface area contributed by atoms with Gasteiger partial charge in [0.2, 0.25) is 4.96 Å². The van der Waals surface area contributed by atoms with Crippen molar-refractivity contribution < 1.29 is 4.39 Å². The Bertz CT molecular complexity index is 1100. The van der Waals surface area contributed by atoms with Crippen molar-refractivity contribution in [1.82, 2.24) is 29.6 Å². The van der Waals surface area contributed by atoms with E-state index in [0.717, 1.165) is 28.5 Å². The van der Waals surface area contributed by atoms with Gasteiger partial charge in [0.05, 0.1) is 16.8 Å². The number of hydrogen-bond donors (Lipinski definition) is 0. The quantitative estimate of drug-likeness (QED) is 0.496. The summed E-state index contributed by atoms with van der Waals surface area (Å²) in [6, 6.07) is 4.84. The number of hydrogen-bond acceptors (Lipinski definition) is 5. The molecule has 25 heavy (non-hydrogen) atoms. The minimum Gasteiger partial charge on any atom is -0.269 e. The lowest BCUT2D eigenvalue weighted by molar-refractivity contribution is 0.628. The van der Waals surface area contributed by atoms with E-state index in [0.29, 0.717) is 20.8 Å². The third-order valence-electron chi connectivity index (χ3n) is 4.06. The molecule has 9 heteroatoms. The first-order chi connectivity index (χ1) is 12.0. The first-order valence-electron chi connectivity index (χ1n) is 7.71. The molecule has 3 aromatic heterocycles. The molecule has 0 bridgehead atoms. The van der Waals surface area contributed by atoms with Gasteiger partial charge < -0.3 is 0 Å². The second-order valence-corrected chi connectivity index (χ2v) is 7.48. The molecule has 0 amide bonds. The summed E-state index contributed by atoms with van der Waals surface area (Å²) < 4.78 is 18.5. The van der Waals surface area contributed by atoms with E-state index in [4.69, 9.17) is 0 Å². The van der Waals surface area contributed by atoms with Crippen molar-refractivity contribution >= 4 is 32.2 Å². The molecular weight excluding hydrogens is 407 g/mol. The van der Waals surface area contributed by atoms with Gasteiger partial charge in [-0.25, -0.2) is 4.39 Å². The molecule has 4 aromatic rings. The van der Waals surface area contributed by atoms with Crippen LogP contribution in [0.2, 0.25) is 0 Å². The van der Waals surface area contributed by atoms with Crippen LogP contribution in [0.4, 0.5) is 4.39 Å². The molecule has 128 valence electrons. The van der Waals surface area contributed by atoms with Crippen molar-refractivity contribution in [2.24, 2.45) is 0 Å². The fraction of sp³-hybridized carbons (Fsp3) is 0.250. The summed E-state index contributed by atoms with van der Waals surface area (Å²) in [6.45, 7) is 6.84. The maximum Gasteiger partial charge on any atom is 0.235 e. The van der Waals surface area contributed by atoms with Gasteiger partial charge in [-0.15, -0.1) is 10.2 Å². The Labute approximate surface area is 155 Å². The van der Waals surface area contributed by atoms with E-state index in [-0.39, 0.29) is 5.82 Å². The molecule has 0 atom stereocenters. The summed E-state index contributed by atoms with van der Waals surface area (Å²) >= 11 is 4.68. The van der Waals surface area contributed by atoms with Crippen LogP contribution in [0.5, 0.6) is 0 Å². The lowest BCUT2D eigenvalue weighted by atomic mass is 10.2. The molecule has 3 heterocycles. The molecule has 0 aliphatic rings. The molecular formula is C16H14BrFN6S. The third kappa shape index (κ3) is 2.58. The third-order valence-corrected chi connectivity index (χ3v) is 5.47. The second-order valence-electron chi connectivity index (χ2n) is 5.61. The molecule has 4 rings (SSSR count). The van der Waals surface area contributed by atoms with Crippen molar-refractivity contribution in [1.29, 1.82) is 0 Å². The van der Waals surface area contributed by atoms with Gasteiger partial charge in [0.15, 0.2) is 10.8 Å². The predicted octanol–water partition coefficient (Wildman–Crippen LogP) is 4.25. The Morgan fingerprint density at radius 1 is 1.20 bits per heavy atom. The van der Waals surface area contributed by atoms with Crippen LogP contribution in [-0.2, 0) is 6.54 Å². The van der Waals surface area contributed by atoms with Gasteiger partial charge >= 0.3 is 0 Å². The number of fused-ring (bicyclic) bond motifs is 1. The van der Waals surface area contributed by atoms with Gasteiger partial charge in [-0.05, 0) is 39.0 Å². The Morgan fingerprint density at radius 2 is 2.00 bits per heavy atom. The van der Waals surface area contributed by atoms with Gasteiger partial charge in [0, 0.05) is 16.7 Å². The predicted molar refractivity (Wildman–Crippen MR) is 98.1 cm³/mol. The highest BCUT2D eigenvalue weighted by molar-refractivity contribution is 9.10. The largest absolute Gasteiger partial charge is 0.269 e. The van der Waals surface area contributed by atoms with Crippen LogP contribution < -0.4 is 0 Å².